The van der Waals surface area contributed by atoms with Crippen molar-refractivity contribution in [1.29, 1.82) is 0 Å². The number of likely N-dealkylation sites (tertiary alicyclic amines) is 1. The predicted octanol–water partition coefficient (Wildman–Crippen LogP) is 5.37. The summed E-state index contributed by atoms with van der Waals surface area (Å²) in [6.45, 7) is 5.32. The largest absolute Gasteiger partial charge is 0.490 e. The average molecular weight is 512 g/mol. The van der Waals surface area contributed by atoms with E-state index in [-0.39, 0.29) is 23.8 Å². The Morgan fingerprint density at radius 2 is 1.94 bits per heavy atom. The Balaban J connectivity index is 1.50. The topological polar surface area (TPSA) is 62.7 Å². The Morgan fingerprint density at radius 3 is 2.63 bits per heavy atom. The molecule has 0 saturated carbocycles. The lowest BCUT2D eigenvalue weighted by Gasteiger charge is -2.38. The van der Waals surface area contributed by atoms with Gasteiger partial charge in [-0.3, -0.25) is 9.59 Å². The number of nitrogens with zero attached hydrogens (tertiary/aromatic N) is 3. The second-order valence-corrected chi connectivity index (χ2v) is 10.6. The van der Waals surface area contributed by atoms with Crippen LogP contribution >= 0.6 is 22.9 Å². The number of amides is 2. The normalized spacial score (nSPS) is 17.8. The van der Waals surface area contributed by atoms with E-state index in [2.05, 4.69) is 4.98 Å². The first-order valence-electron chi connectivity index (χ1n) is 11.7. The highest BCUT2D eigenvalue weighted by Crippen LogP contribution is 2.30. The fourth-order valence-corrected chi connectivity index (χ4v) is 5.53. The van der Waals surface area contributed by atoms with Crippen molar-refractivity contribution in [2.75, 3.05) is 20.1 Å². The smallest absolute Gasteiger partial charge is 0.265 e. The number of rotatable bonds is 7. The summed E-state index contributed by atoms with van der Waals surface area (Å²) < 4.78 is 6.31. The highest BCUT2D eigenvalue weighted by atomic mass is 35.5. The summed E-state index contributed by atoms with van der Waals surface area (Å²) in [5, 5.41) is 1.47. The summed E-state index contributed by atoms with van der Waals surface area (Å²) in [7, 11) is 1.82. The van der Waals surface area contributed by atoms with Crippen molar-refractivity contribution >= 4 is 34.8 Å². The monoisotopic (exact) mass is 511 g/mol. The average Bonchev–Trinajstić information content (AvgIpc) is 3.18. The maximum absolute atomic E-state index is 13.3. The van der Waals surface area contributed by atoms with Gasteiger partial charge in [-0.25, -0.2) is 4.98 Å². The third-order valence-corrected chi connectivity index (χ3v) is 7.55. The maximum Gasteiger partial charge on any atom is 0.265 e. The zero-order chi connectivity index (χ0) is 24.9. The summed E-state index contributed by atoms with van der Waals surface area (Å²) in [4.78, 5) is 35.2. The third-order valence-electron chi connectivity index (χ3n) is 6.26. The van der Waals surface area contributed by atoms with Gasteiger partial charge in [0.2, 0.25) is 5.91 Å². The molecule has 6 nitrogen and oxygen atoms in total. The predicted molar refractivity (Wildman–Crippen MR) is 139 cm³/mol. The molecule has 4 rings (SSSR count). The number of hydrogen-bond acceptors (Lipinski definition) is 5. The Kier molecular flexibility index (Phi) is 8.08. The van der Waals surface area contributed by atoms with Gasteiger partial charge >= 0.3 is 0 Å². The number of aromatic nitrogens is 1. The molecule has 2 aromatic carbocycles. The lowest BCUT2D eigenvalue weighted by Crippen LogP contribution is -2.49. The second kappa shape index (κ2) is 11.2. The first-order valence-corrected chi connectivity index (χ1v) is 12.9. The van der Waals surface area contributed by atoms with Crippen molar-refractivity contribution in [3.8, 4) is 5.75 Å². The van der Waals surface area contributed by atoms with E-state index in [0.29, 0.717) is 48.1 Å². The zero-order valence-corrected chi connectivity index (χ0v) is 21.8. The molecule has 2 atom stereocenters. The van der Waals surface area contributed by atoms with Crippen LogP contribution in [-0.2, 0) is 11.3 Å². The summed E-state index contributed by atoms with van der Waals surface area (Å²) in [6.07, 6.45) is 0.727. The molecule has 0 spiro atoms. The molecule has 35 heavy (non-hydrogen) atoms. The third kappa shape index (κ3) is 6.41. The van der Waals surface area contributed by atoms with E-state index in [9.17, 15) is 9.59 Å². The molecular weight excluding hydrogens is 482 g/mol. The van der Waals surface area contributed by atoms with Gasteiger partial charge in [-0.15, -0.1) is 11.3 Å². The van der Waals surface area contributed by atoms with Crippen LogP contribution in [0.1, 0.15) is 38.8 Å². The first-order chi connectivity index (χ1) is 16.8. The second-order valence-electron chi connectivity index (χ2n) is 9.00. The molecule has 1 aliphatic heterocycles. The molecule has 2 amide bonds. The first kappa shape index (κ1) is 25.2. The van der Waals surface area contributed by atoms with Gasteiger partial charge in [0.1, 0.15) is 16.7 Å². The molecule has 0 bridgehead atoms. The Bertz CT molecular complexity index is 1180. The molecule has 2 heterocycles. The number of hydrogen-bond donors (Lipinski definition) is 0. The standard InChI is InChI=1S/C27H30ClN3O3S/c1-18-26(35-19(2)29-18)27(33)31-13-12-24(34-23-11-7-10-22(28)15-23)21(17-31)14-25(32)30(3)16-20-8-5-4-6-9-20/h4-11,15,21,24H,12-14,16-17H2,1-3H3/t21-,24-/m0/s1. The molecule has 1 aliphatic rings. The van der Waals surface area contributed by atoms with Crippen LogP contribution in [0.5, 0.6) is 5.75 Å². The summed E-state index contributed by atoms with van der Waals surface area (Å²) >= 11 is 7.57. The molecule has 1 aromatic heterocycles. The summed E-state index contributed by atoms with van der Waals surface area (Å²) in [5.74, 6) is 0.528. The number of halogens is 1. The minimum Gasteiger partial charge on any atom is -0.490 e. The van der Waals surface area contributed by atoms with E-state index in [4.69, 9.17) is 16.3 Å². The Hall–Kier alpha value is -2.90. The summed E-state index contributed by atoms with van der Waals surface area (Å²) in [6, 6.07) is 17.2. The maximum atomic E-state index is 13.3. The van der Waals surface area contributed by atoms with Gasteiger partial charge in [0.25, 0.3) is 5.91 Å². The SMILES string of the molecule is Cc1nc(C)c(C(=O)N2CC[C@H](Oc3cccc(Cl)c3)[C@@H](CC(=O)N(C)Cc3ccccc3)C2)s1. The summed E-state index contributed by atoms with van der Waals surface area (Å²) in [5.41, 5.74) is 1.83. The lowest BCUT2D eigenvalue weighted by atomic mass is 9.90. The van der Waals surface area contributed by atoms with Crippen LogP contribution < -0.4 is 4.74 Å². The van der Waals surface area contributed by atoms with Gasteiger partial charge in [0.15, 0.2) is 0 Å². The van der Waals surface area contributed by atoms with Gasteiger partial charge in [0.05, 0.1) is 10.7 Å². The number of carbonyl (C=O) groups is 2. The van der Waals surface area contributed by atoms with Crippen LogP contribution in [0.25, 0.3) is 0 Å². The highest BCUT2D eigenvalue weighted by molar-refractivity contribution is 7.13. The molecule has 0 unspecified atom stereocenters. The van der Waals surface area contributed by atoms with Crippen LogP contribution in [0.3, 0.4) is 0 Å². The van der Waals surface area contributed by atoms with E-state index in [0.717, 1.165) is 16.3 Å². The fourth-order valence-electron chi connectivity index (χ4n) is 4.46. The molecular formula is C27H30ClN3O3S. The number of benzene rings is 2. The Labute approximate surface area is 215 Å². The van der Waals surface area contributed by atoms with E-state index in [1.54, 1.807) is 17.0 Å². The van der Waals surface area contributed by atoms with Crippen molar-refractivity contribution in [3.63, 3.8) is 0 Å². The van der Waals surface area contributed by atoms with Crippen LogP contribution in [-0.4, -0.2) is 52.8 Å². The fraction of sp³-hybridized carbons (Fsp3) is 0.370. The van der Waals surface area contributed by atoms with Gasteiger partial charge in [-0.05, 0) is 37.6 Å². The van der Waals surface area contributed by atoms with Gasteiger partial charge in [0, 0.05) is 50.5 Å². The molecule has 0 N–H and O–H groups in total. The molecule has 1 fully saturated rings. The van der Waals surface area contributed by atoms with Crippen molar-refractivity contribution in [3.05, 3.63) is 80.8 Å². The minimum atomic E-state index is -0.198. The minimum absolute atomic E-state index is 0.0237. The van der Waals surface area contributed by atoms with E-state index in [1.165, 1.54) is 11.3 Å². The number of aryl methyl sites for hydroxylation is 2. The van der Waals surface area contributed by atoms with Crippen molar-refractivity contribution in [2.45, 2.75) is 39.3 Å². The van der Waals surface area contributed by atoms with Crippen LogP contribution in [0.4, 0.5) is 0 Å². The van der Waals surface area contributed by atoms with Crippen molar-refractivity contribution < 1.29 is 14.3 Å². The van der Waals surface area contributed by atoms with Crippen LogP contribution in [0, 0.1) is 19.8 Å². The van der Waals surface area contributed by atoms with Crippen molar-refractivity contribution in [2.24, 2.45) is 5.92 Å². The molecule has 0 aliphatic carbocycles. The van der Waals surface area contributed by atoms with Gasteiger partial charge in [-0.1, -0.05) is 48.0 Å². The van der Waals surface area contributed by atoms with Gasteiger partial charge in [-0.2, -0.15) is 0 Å². The number of carbonyl (C=O) groups excluding carboxylic acids is 2. The van der Waals surface area contributed by atoms with Crippen LogP contribution in [0.2, 0.25) is 5.02 Å². The lowest BCUT2D eigenvalue weighted by molar-refractivity contribution is -0.132. The van der Waals surface area contributed by atoms with Gasteiger partial charge < -0.3 is 14.5 Å². The molecule has 1 saturated heterocycles. The molecule has 184 valence electrons. The van der Waals surface area contributed by atoms with E-state index < -0.39 is 0 Å². The molecule has 3 aromatic rings. The number of thiazole rings is 1. The van der Waals surface area contributed by atoms with Crippen molar-refractivity contribution in [1.82, 2.24) is 14.8 Å². The Morgan fingerprint density at radius 1 is 1.17 bits per heavy atom. The quantitative estimate of drug-likeness (QED) is 0.427. The number of piperidine rings is 1. The van der Waals surface area contributed by atoms with E-state index >= 15 is 0 Å². The zero-order valence-electron chi connectivity index (χ0n) is 20.2. The molecule has 0 radical (unpaired) electrons. The number of ether oxygens (including phenoxy) is 1. The van der Waals surface area contributed by atoms with E-state index in [1.807, 2.05) is 68.3 Å². The molecule has 8 heteroatoms. The highest BCUT2D eigenvalue weighted by Gasteiger charge is 2.36. The van der Waals surface area contributed by atoms with Crippen LogP contribution in [0.15, 0.2) is 54.6 Å².